The number of allylic oxidation sites excluding steroid dienone is 1. The standard InChI is InChI=1S/C12H14ClNO2/c1-7(2)9(6-12(15)16)8-3-4-10(13)11(14)5-8/h3-7H,14H2,1-2H3,(H,15,16)/p-1. The van der Waals surface area contributed by atoms with Crippen LogP contribution in [0.15, 0.2) is 24.3 Å². The number of benzene rings is 1. The summed E-state index contributed by atoms with van der Waals surface area (Å²) in [5, 5.41) is 11.1. The molecule has 2 N–H and O–H groups in total. The quantitative estimate of drug-likeness (QED) is 0.644. The van der Waals surface area contributed by atoms with Gasteiger partial charge in [-0.15, -0.1) is 0 Å². The van der Waals surface area contributed by atoms with E-state index >= 15 is 0 Å². The highest BCUT2D eigenvalue weighted by Crippen LogP contribution is 2.27. The predicted octanol–water partition coefficient (Wildman–Crippen LogP) is 1.71. The van der Waals surface area contributed by atoms with Crippen molar-refractivity contribution in [3.63, 3.8) is 0 Å². The molecule has 0 aliphatic heterocycles. The lowest BCUT2D eigenvalue weighted by Gasteiger charge is -2.13. The summed E-state index contributed by atoms with van der Waals surface area (Å²) in [5.41, 5.74) is 7.52. The largest absolute Gasteiger partial charge is 0.545 e. The van der Waals surface area contributed by atoms with Crippen molar-refractivity contribution in [2.45, 2.75) is 13.8 Å². The monoisotopic (exact) mass is 238 g/mol. The van der Waals surface area contributed by atoms with Gasteiger partial charge >= 0.3 is 0 Å². The van der Waals surface area contributed by atoms with Gasteiger partial charge in [0.05, 0.1) is 16.7 Å². The molecule has 0 unspecified atom stereocenters. The van der Waals surface area contributed by atoms with Crippen LogP contribution in [-0.4, -0.2) is 5.97 Å². The van der Waals surface area contributed by atoms with Crippen molar-refractivity contribution in [1.82, 2.24) is 0 Å². The zero-order valence-corrected chi connectivity index (χ0v) is 9.91. The van der Waals surface area contributed by atoms with Crippen LogP contribution in [0.1, 0.15) is 19.4 Å². The second-order valence-electron chi connectivity index (χ2n) is 3.81. The van der Waals surface area contributed by atoms with Crippen LogP contribution in [0.25, 0.3) is 5.57 Å². The van der Waals surface area contributed by atoms with E-state index in [4.69, 9.17) is 17.3 Å². The average molecular weight is 239 g/mol. The smallest absolute Gasteiger partial charge is 0.0645 e. The first-order valence-electron chi connectivity index (χ1n) is 4.89. The van der Waals surface area contributed by atoms with Crippen LogP contribution < -0.4 is 10.8 Å². The summed E-state index contributed by atoms with van der Waals surface area (Å²) < 4.78 is 0. The Bertz CT molecular complexity index is 439. The Balaban J connectivity index is 3.22. The Labute approximate surface area is 99.5 Å². The number of carboxylic acid groups (broad SMARTS) is 1. The number of hydrogen-bond acceptors (Lipinski definition) is 3. The number of halogens is 1. The molecule has 0 atom stereocenters. The fraction of sp³-hybridized carbons (Fsp3) is 0.250. The molecular formula is C12H13ClNO2-. The van der Waals surface area contributed by atoms with Crippen LogP contribution in [0, 0.1) is 5.92 Å². The first-order valence-corrected chi connectivity index (χ1v) is 5.27. The minimum Gasteiger partial charge on any atom is -0.545 e. The fourth-order valence-corrected chi connectivity index (χ4v) is 1.55. The number of carboxylic acids is 1. The lowest BCUT2D eigenvalue weighted by molar-refractivity contribution is -0.297. The van der Waals surface area contributed by atoms with E-state index in [2.05, 4.69) is 0 Å². The molecule has 86 valence electrons. The summed E-state index contributed by atoms with van der Waals surface area (Å²) in [7, 11) is 0. The minimum atomic E-state index is -1.21. The molecule has 0 aliphatic rings. The molecule has 3 nitrogen and oxygen atoms in total. The molecule has 0 saturated carbocycles. The van der Waals surface area contributed by atoms with E-state index < -0.39 is 5.97 Å². The lowest BCUT2D eigenvalue weighted by Crippen LogP contribution is -2.20. The van der Waals surface area contributed by atoms with Gasteiger partial charge in [-0.1, -0.05) is 31.5 Å². The van der Waals surface area contributed by atoms with Gasteiger partial charge in [-0.2, -0.15) is 0 Å². The Hall–Kier alpha value is -1.48. The van der Waals surface area contributed by atoms with E-state index in [0.717, 1.165) is 11.6 Å². The van der Waals surface area contributed by atoms with Crippen LogP contribution in [-0.2, 0) is 4.79 Å². The third-order valence-electron chi connectivity index (χ3n) is 2.22. The number of aliphatic carboxylic acids is 1. The van der Waals surface area contributed by atoms with Gasteiger partial charge in [-0.05, 0) is 35.3 Å². The van der Waals surface area contributed by atoms with Gasteiger partial charge in [0.15, 0.2) is 0 Å². The molecule has 1 rings (SSSR count). The summed E-state index contributed by atoms with van der Waals surface area (Å²) in [6.07, 6.45) is 1.09. The van der Waals surface area contributed by atoms with Crippen molar-refractivity contribution >= 4 is 28.8 Å². The van der Waals surface area contributed by atoms with E-state index in [0.29, 0.717) is 16.3 Å². The van der Waals surface area contributed by atoms with Gasteiger partial charge in [0.2, 0.25) is 0 Å². The van der Waals surface area contributed by atoms with Gasteiger partial charge in [-0.25, -0.2) is 0 Å². The van der Waals surface area contributed by atoms with Gasteiger partial charge in [-0.3, -0.25) is 0 Å². The van der Waals surface area contributed by atoms with Gasteiger partial charge in [0.25, 0.3) is 0 Å². The molecule has 0 spiro atoms. The molecule has 0 fully saturated rings. The Morgan fingerprint density at radius 3 is 2.56 bits per heavy atom. The van der Waals surface area contributed by atoms with E-state index in [1.165, 1.54) is 0 Å². The third kappa shape index (κ3) is 3.00. The van der Waals surface area contributed by atoms with E-state index in [-0.39, 0.29) is 5.92 Å². The summed E-state index contributed by atoms with van der Waals surface area (Å²) >= 11 is 5.80. The van der Waals surface area contributed by atoms with Crippen molar-refractivity contribution in [2.75, 3.05) is 5.73 Å². The highest BCUT2D eigenvalue weighted by atomic mass is 35.5. The van der Waals surface area contributed by atoms with Crippen molar-refractivity contribution < 1.29 is 9.90 Å². The fourth-order valence-electron chi connectivity index (χ4n) is 1.43. The summed E-state index contributed by atoms with van der Waals surface area (Å²) in [4.78, 5) is 10.6. The normalized spacial score (nSPS) is 11.9. The number of hydrogen-bond donors (Lipinski definition) is 1. The number of rotatable bonds is 3. The number of nitrogens with two attached hydrogens (primary N) is 1. The van der Waals surface area contributed by atoms with Crippen molar-refractivity contribution in [2.24, 2.45) is 5.92 Å². The van der Waals surface area contributed by atoms with E-state index in [1.54, 1.807) is 18.2 Å². The Kier molecular flexibility index (Phi) is 3.96. The minimum absolute atomic E-state index is 0.0680. The molecule has 1 aromatic rings. The van der Waals surface area contributed by atoms with Crippen LogP contribution in [0.4, 0.5) is 5.69 Å². The second-order valence-corrected chi connectivity index (χ2v) is 4.22. The zero-order chi connectivity index (χ0) is 12.3. The lowest BCUT2D eigenvalue weighted by atomic mass is 9.94. The average Bonchev–Trinajstić information content (AvgIpc) is 2.18. The maximum absolute atomic E-state index is 10.6. The molecule has 1 aromatic carbocycles. The summed E-state index contributed by atoms with van der Waals surface area (Å²) in [6.45, 7) is 3.80. The number of anilines is 1. The Morgan fingerprint density at radius 2 is 2.12 bits per heavy atom. The van der Waals surface area contributed by atoms with Crippen LogP contribution in [0.3, 0.4) is 0 Å². The van der Waals surface area contributed by atoms with Crippen LogP contribution in [0.5, 0.6) is 0 Å². The molecule has 0 aliphatic carbocycles. The van der Waals surface area contributed by atoms with E-state index in [1.807, 2.05) is 13.8 Å². The second kappa shape index (κ2) is 5.03. The maximum atomic E-state index is 10.6. The molecule has 0 saturated heterocycles. The first-order chi connectivity index (χ1) is 7.41. The van der Waals surface area contributed by atoms with Gasteiger partial charge in [0.1, 0.15) is 0 Å². The number of carbonyl (C=O) groups excluding carboxylic acids is 1. The maximum Gasteiger partial charge on any atom is 0.0645 e. The van der Waals surface area contributed by atoms with Crippen LogP contribution in [0.2, 0.25) is 5.02 Å². The highest BCUT2D eigenvalue weighted by molar-refractivity contribution is 6.33. The molecule has 0 aromatic heterocycles. The first kappa shape index (κ1) is 12.6. The molecule has 16 heavy (non-hydrogen) atoms. The van der Waals surface area contributed by atoms with Gasteiger partial charge < -0.3 is 15.6 Å². The summed E-state index contributed by atoms with van der Waals surface area (Å²) in [5.74, 6) is -1.14. The molecule has 4 heteroatoms. The molecule has 0 heterocycles. The van der Waals surface area contributed by atoms with Crippen molar-refractivity contribution in [1.29, 1.82) is 0 Å². The predicted molar refractivity (Wildman–Crippen MR) is 63.7 cm³/mol. The zero-order valence-electron chi connectivity index (χ0n) is 9.16. The van der Waals surface area contributed by atoms with Gasteiger partial charge in [0, 0.05) is 0 Å². The van der Waals surface area contributed by atoms with Crippen LogP contribution >= 0.6 is 11.6 Å². The molecular weight excluding hydrogens is 226 g/mol. The third-order valence-corrected chi connectivity index (χ3v) is 2.57. The Morgan fingerprint density at radius 1 is 1.50 bits per heavy atom. The van der Waals surface area contributed by atoms with Crippen molar-refractivity contribution in [3.8, 4) is 0 Å². The van der Waals surface area contributed by atoms with E-state index in [9.17, 15) is 9.90 Å². The highest BCUT2D eigenvalue weighted by Gasteiger charge is 2.08. The molecule has 0 amide bonds. The summed E-state index contributed by atoms with van der Waals surface area (Å²) in [6, 6.07) is 5.06. The van der Waals surface area contributed by atoms with Crippen molar-refractivity contribution in [3.05, 3.63) is 34.9 Å². The molecule has 0 bridgehead atoms. The molecule has 0 radical (unpaired) electrons. The number of nitrogen functional groups attached to an aromatic ring is 1. The SMILES string of the molecule is CC(C)C(=CC(=O)[O-])c1ccc(Cl)c(N)c1. The topological polar surface area (TPSA) is 66.1 Å². The number of carbonyl (C=O) groups is 1.